The van der Waals surface area contributed by atoms with Gasteiger partial charge >= 0.3 is 12.0 Å². The first-order valence-electron chi connectivity index (χ1n) is 12.8. The first-order chi connectivity index (χ1) is 18.2. The van der Waals surface area contributed by atoms with Crippen molar-refractivity contribution in [2.24, 2.45) is 0 Å². The highest BCUT2D eigenvalue weighted by Crippen LogP contribution is 2.30. The van der Waals surface area contributed by atoms with Gasteiger partial charge in [-0.15, -0.1) is 0 Å². The van der Waals surface area contributed by atoms with E-state index in [0.29, 0.717) is 24.8 Å². The quantitative estimate of drug-likeness (QED) is 0.526. The molecule has 38 heavy (non-hydrogen) atoms. The van der Waals surface area contributed by atoms with Crippen molar-refractivity contribution in [1.82, 2.24) is 15.1 Å². The molecule has 0 saturated carbocycles. The summed E-state index contributed by atoms with van der Waals surface area (Å²) in [6.45, 7) is 1.96. The average Bonchev–Trinajstić information content (AvgIpc) is 3.62. The molecule has 1 unspecified atom stereocenters. The number of carbonyl (C=O) groups excluding carboxylic acids is 4. The van der Waals surface area contributed by atoms with Crippen LogP contribution in [-0.4, -0.2) is 64.6 Å². The van der Waals surface area contributed by atoms with Crippen LogP contribution in [0.1, 0.15) is 49.8 Å². The molecular weight excluding hydrogens is 496 g/mol. The summed E-state index contributed by atoms with van der Waals surface area (Å²) in [7, 11) is 0. The van der Waals surface area contributed by atoms with Crippen LogP contribution in [0.4, 0.5) is 13.6 Å². The second-order valence-corrected chi connectivity index (χ2v) is 9.63. The number of hydrogen-bond donors (Lipinski definition) is 1. The van der Waals surface area contributed by atoms with Gasteiger partial charge in [0.1, 0.15) is 12.6 Å². The summed E-state index contributed by atoms with van der Waals surface area (Å²) in [4.78, 5) is 53.9. The van der Waals surface area contributed by atoms with Crippen LogP contribution >= 0.6 is 0 Å². The van der Waals surface area contributed by atoms with Crippen LogP contribution in [0.25, 0.3) is 0 Å². The summed E-state index contributed by atoms with van der Waals surface area (Å²) in [6.07, 6.45) is 0.561. The van der Waals surface area contributed by atoms with Gasteiger partial charge in [0.05, 0.1) is 12.1 Å². The SMILES string of the molecule is C[C@@H](NC(=O)C(F)(F)C(=O)C1CCCN1C(=O)[C@H]1CCCN1C(=O)OCc1ccccc1)c1ccccc1. The summed E-state index contributed by atoms with van der Waals surface area (Å²) in [6, 6.07) is 14.5. The van der Waals surface area contributed by atoms with Crippen molar-refractivity contribution in [3.05, 3.63) is 71.8 Å². The summed E-state index contributed by atoms with van der Waals surface area (Å²) in [5.74, 6) is -8.22. The number of carbonyl (C=O) groups is 4. The van der Waals surface area contributed by atoms with Crippen molar-refractivity contribution >= 4 is 23.7 Å². The minimum Gasteiger partial charge on any atom is -0.445 e. The van der Waals surface area contributed by atoms with Crippen molar-refractivity contribution < 1.29 is 32.7 Å². The fraction of sp³-hybridized carbons (Fsp3) is 0.429. The summed E-state index contributed by atoms with van der Waals surface area (Å²) in [5, 5.41) is 2.21. The number of halogens is 2. The Morgan fingerprint density at radius 1 is 0.921 bits per heavy atom. The number of rotatable bonds is 8. The molecule has 0 radical (unpaired) electrons. The van der Waals surface area contributed by atoms with Gasteiger partial charge in [0, 0.05) is 13.1 Å². The first kappa shape index (κ1) is 27.2. The van der Waals surface area contributed by atoms with Gasteiger partial charge < -0.3 is 15.0 Å². The van der Waals surface area contributed by atoms with Crippen LogP contribution in [0.15, 0.2) is 60.7 Å². The van der Waals surface area contributed by atoms with E-state index in [-0.39, 0.29) is 26.1 Å². The molecular formula is C28H31F2N3O5. The number of amides is 3. The fourth-order valence-corrected chi connectivity index (χ4v) is 4.97. The molecule has 0 spiro atoms. The Balaban J connectivity index is 1.40. The van der Waals surface area contributed by atoms with Crippen LogP contribution in [0.2, 0.25) is 0 Å². The van der Waals surface area contributed by atoms with E-state index >= 15 is 8.78 Å². The smallest absolute Gasteiger partial charge is 0.410 e. The number of nitrogens with zero attached hydrogens (tertiary/aromatic N) is 2. The van der Waals surface area contributed by atoms with Gasteiger partial charge in [-0.1, -0.05) is 60.7 Å². The van der Waals surface area contributed by atoms with Crippen molar-refractivity contribution in [2.75, 3.05) is 13.1 Å². The van der Waals surface area contributed by atoms with Crippen LogP contribution in [0.5, 0.6) is 0 Å². The van der Waals surface area contributed by atoms with Crippen molar-refractivity contribution in [2.45, 2.75) is 63.3 Å². The molecule has 0 bridgehead atoms. The number of alkyl halides is 2. The van der Waals surface area contributed by atoms with Gasteiger partial charge in [-0.05, 0) is 43.7 Å². The molecule has 0 aromatic heterocycles. The van der Waals surface area contributed by atoms with Crippen LogP contribution in [-0.2, 0) is 25.7 Å². The zero-order chi connectivity index (χ0) is 27.3. The van der Waals surface area contributed by atoms with Crippen LogP contribution < -0.4 is 5.32 Å². The topological polar surface area (TPSA) is 96.0 Å². The number of Topliss-reactive ketones (excluding diaryl/α,β-unsaturated/α-hetero) is 1. The number of likely N-dealkylation sites (tertiary alicyclic amines) is 2. The number of benzene rings is 2. The normalized spacial score (nSPS) is 20.2. The second-order valence-electron chi connectivity index (χ2n) is 9.63. The van der Waals surface area contributed by atoms with E-state index in [2.05, 4.69) is 5.32 Å². The Labute approximate surface area is 219 Å². The molecule has 8 nitrogen and oxygen atoms in total. The Morgan fingerprint density at radius 2 is 1.50 bits per heavy atom. The van der Waals surface area contributed by atoms with Gasteiger partial charge in [0.15, 0.2) is 0 Å². The predicted octanol–water partition coefficient (Wildman–Crippen LogP) is 3.86. The van der Waals surface area contributed by atoms with Crippen LogP contribution in [0, 0.1) is 0 Å². The second kappa shape index (κ2) is 11.7. The molecule has 3 amide bonds. The zero-order valence-electron chi connectivity index (χ0n) is 21.1. The highest BCUT2D eigenvalue weighted by atomic mass is 19.3. The monoisotopic (exact) mass is 527 g/mol. The van der Waals surface area contributed by atoms with E-state index in [1.54, 1.807) is 49.4 Å². The molecule has 4 rings (SSSR count). The third-order valence-corrected chi connectivity index (χ3v) is 7.06. The lowest BCUT2D eigenvalue weighted by Crippen LogP contribution is -2.56. The lowest BCUT2D eigenvalue weighted by Gasteiger charge is -2.31. The molecule has 2 heterocycles. The highest BCUT2D eigenvalue weighted by Gasteiger charge is 2.54. The van der Waals surface area contributed by atoms with E-state index in [0.717, 1.165) is 10.5 Å². The van der Waals surface area contributed by atoms with E-state index in [1.165, 1.54) is 4.90 Å². The maximum Gasteiger partial charge on any atom is 0.410 e. The third kappa shape index (κ3) is 5.84. The minimum atomic E-state index is -4.32. The van der Waals surface area contributed by atoms with Crippen molar-refractivity contribution in [1.29, 1.82) is 0 Å². The third-order valence-electron chi connectivity index (χ3n) is 7.06. The van der Waals surface area contributed by atoms with E-state index < -0.39 is 47.7 Å². The summed E-state index contributed by atoms with van der Waals surface area (Å²) < 4.78 is 35.4. The lowest BCUT2D eigenvalue weighted by atomic mass is 10.0. The van der Waals surface area contributed by atoms with Gasteiger partial charge in [-0.25, -0.2) is 4.79 Å². The Bertz CT molecular complexity index is 1160. The largest absolute Gasteiger partial charge is 0.445 e. The Hall–Kier alpha value is -3.82. The van der Waals surface area contributed by atoms with Gasteiger partial charge in [-0.2, -0.15) is 8.78 Å². The number of ketones is 1. The molecule has 2 aliphatic heterocycles. The Morgan fingerprint density at radius 3 is 2.16 bits per heavy atom. The Kier molecular flexibility index (Phi) is 8.38. The van der Waals surface area contributed by atoms with E-state index in [9.17, 15) is 19.2 Å². The molecule has 2 aromatic carbocycles. The molecule has 202 valence electrons. The molecule has 2 aliphatic rings. The number of ether oxygens (including phenoxy) is 1. The van der Waals surface area contributed by atoms with Crippen LogP contribution in [0.3, 0.4) is 0 Å². The van der Waals surface area contributed by atoms with Gasteiger partial charge in [-0.3, -0.25) is 19.3 Å². The molecule has 10 heteroatoms. The summed E-state index contributed by atoms with van der Waals surface area (Å²) >= 11 is 0. The molecule has 2 aromatic rings. The average molecular weight is 528 g/mol. The molecule has 3 atom stereocenters. The lowest BCUT2D eigenvalue weighted by molar-refractivity contribution is -0.163. The highest BCUT2D eigenvalue weighted by molar-refractivity contribution is 6.10. The molecule has 2 saturated heterocycles. The minimum absolute atomic E-state index is 0.0207. The zero-order valence-corrected chi connectivity index (χ0v) is 21.1. The molecule has 0 aliphatic carbocycles. The van der Waals surface area contributed by atoms with E-state index in [4.69, 9.17) is 4.74 Å². The van der Waals surface area contributed by atoms with Gasteiger partial charge in [0.2, 0.25) is 11.7 Å². The predicted molar refractivity (Wildman–Crippen MR) is 134 cm³/mol. The number of hydrogen-bond acceptors (Lipinski definition) is 5. The first-order valence-corrected chi connectivity index (χ1v) is 12.8. The maximum atomic E-state index is 15.0. The fourth-order valence-electron chi connectivity index (χ4n) is 4.97. The van der Waals surface area contributed by atoms with Crippen molar-refractivity contribution in [3.8, 4) is 0 Å². The van der Waals surface area contributed by atoms with E-state index in [1.807, 2.05) is 18.2 Å². The standard InChI is InChI=1S/C28H31F2N3O5/c1-19(21-12-6-3-7-13-21)31-26(36)28(29,30)24(34)22-14-8-16-32(22)25(35)23-15-9-17-33(23)27(37)38-18-20-10-4-2-5-11-20/h2-7,10-13,19,22-23H,8-9,14-18H2,1H3,(H,31,36)/t19-,22?,23-/m1/s1. The summed E-state index contributed by atoms with van der Waals surface area (Å²) in [5.41, 5.74) is 1.40. The van der Waals surface area contributed by atoms with Gasteiger partial charge in [0.25, 0.3) is 5.91 Å². The maximum absolute atomic E-state index is 15.0. The van der Waals surface area contributed by atoms with Crippen molar-refractivity contribution in [3.63, 3.8) is 0 Å². The number of nitrogens with one attached hydrogen (secondary N) is 1. The molecule has 1 N–H and O–H groups in total. The molecule has 2 fully saturated rings.